The first-order chi connectivity index (χ1) is 11.8. The number of rotatable bonds is 6. The second kappa shape index (κ2) is 7.08. The van der Waals surface area contributed by atoms with Crippen molar-refractivity contribution in [2.24, 2.45) is 5.92 Å². The highest BCUT2D eigenvalue weighted by molar-refractivity contribution is 6.30. The second-order valence-corrected chi connectivity index (χ2v) is 7.27. The van der Waals surface area contributed by atoms with Gasteiger partial charge in [-0.25, -0.2) is 9.97 Å². The average Bonchev–Trinajstić information content (AvgIpc) is 3.30. The van der Waals surface area contributed by atoms with Crippen LogP contribution in [0.2, 0.25) is 5.02 Å². The normalized spacial score (nSPS) is 18.8. The van der Waals surface area contributed by atoms with E-state index in [0.29, 0.717) is 6.04 Å². The van der Waals surface area contributed by atoms with E-state index in [2.05, 4.69) is 32.3 Å². The van der Waals surface area contributed by atoms with Gasteiger partial charge in [0.1, 0.15) is 0 Å². The molecule has 0 radical (unpaired) electrons. The van der Waals surface area contributed by atoms with Crippen molar-refractivity contribution in [1.29, 1.82) is 0 Å². The molecular formula is C19H23ClN4. The molecule has 0 amide bonds. The zero-order valence-electron chi connectivity index (χ0n) is 13.8. The van der Waals surface area contributed by atoms with E-state index in [-0.39, 0.29) is 0 Å². The topological polar surface area (TPSA) is 41.1 Å². The SMILES string of the molecule is Clc1ccc([C@H](NCc2cnc(N3CCCC3)nc2)C2CC2)cc1. The summed E-state index contributed by atoms with van der Waals surface area (Å²) in [6.45, 7) is 2.96. The van der Waals surface area contributed by atoms with Gasteiger partial charge in [0, 0.05) is 48.7 Å². The van der Waals surface area contributed by atoms with E-state index in [1.54, 1.807) is 0 Å². The molecular weight excluding hydrogens is 320 g/mol. The van der Waals surface area contributed by atoms with Gasteiger partial charge in [-0.2, -0.15) is 0 Å². The quantitative estimate of drug-likeness (QED) is 0.862. The van der Waals surface area contributed by atoms with Crippen LogP contribution in [0.15, 0.2) is 36.7 Å². The highest BCUT2D eigenvalue weighted by Crippen LogP contribution is 2.41. The zero-order valence-corrected chi connectivity index (χ0v) is 14.5. The molecule has 0 bridgehead atoms. The summed E-state index contributed by atoms with van der Waals surface area (Å²) in [7, 11) is 0. The van der Waals surface area contributed by atoms with Crippen molar-refractivity contribution < 1.29 is 0 Å². The molecule has 1 aliphatic heterocycles. The van der Waals surface area contributed by atoms with E-state index in [9.17, 15) is 0 Å². The first-order valence-electron chi connectivity index (χ1n) is 8.84. The molecule has 0 spiro atoms. The van der Waals surface area contributed by atoms with Crippen LogP contribution in [0, 0.1) is 5.92 Å². The van der Waals surface area contributed by atoms with E-state index in [1.807, 2.05) is 24.5 Å². The molecule has 24 heavy (non-hydrogen) atoms. The molecule has 1 aliphatic carbocycles. The molecule has 2 heterocycles. The molecule has 1 aromatic heterocycles. The Morgan fingerprint density at radius 1 is 1.08 bits per heavy atom. The standard InChI is InChI=1S/C19H23ClN4/c20-17-7-5-16(6-8-17)18(15-3-4-15)21-11-14-12-22-19(23-13-14)24-9-1-2-10-24/h5-8,12-13,15,18,21H,1-4,9-11H2/t18-/m1/s1. The van der Waals surface area contributed by atoms with Crippen LogP contribution in [0.4, 0.5) is 5.95 Å². The van der Waals surface area contributed by atoms with Gasteiger partial charge in [0.2, 0.25) is 5.95 Å². The van der Waals surface area contributed by atoms with E-state index in [4.69, 9.17) is 11.6 Å². The Labute approximate surface area is 148 Å². The molecule has 2 aromatic rings. The van der Waals surface area contributed by atoms with Gasteiger partial charge in [-0.05, 0) is 49.3 Å². The van der Waals surface area contributed by atoms with Crippen LogP contribution < -0.4 is 10.2 Å². The molecule has 1 aromatic carbocycles. The van der Waals surface area contributed by atoms with Gasteiger partial charge in [-0.3, -0.25) is 0 Å². The van der Waals surface area contributed by atoms with Gasteiger partial charge in [0.05, 0.1) is 0 Å². The minimum absolute atomic E-state index is 0.389. The summed E-state index contributed by atoms with van der Waals surface area (Å²) in [6.07, 6.45) is 9.00. The first-order valence-corrected chi connectivity index (χ1v) is 9.22. The molecule has 0 unspecified atom stereocenters. The zero-order chi connectivity index (χ0) is 16.4. The summed E-state index contributed by atoms with van der Waals surface area (Å²) in [5.74, 6) is 1.60. The van der Waals surface area contributed by atoms with Gasteiger partial charge >= 0.3 is 0 Å². The van der Waals surface area contributed by atoms with E-state index < -0.39 is 0 Å². The number of hydrogen-bond acceptors (Lipinski definition) is 4. The fraction of sp³-hybridized carbons (Fsp3) is 0.474. The van der Waals surface area contributed by atoms with Crippen molar-refractivity contribution in [2.75, 3.05) is 18.0 Å². The summed E-state index contributed by atoms with van der Waals surface area (Å²) in [5, 5.41) is 4.48. The van der Waals surface area contributed by atoms with Gasteiger partial charge in [0.15, 0.2) is 0 Å². The molecule has 1 atom stereocenters. The monoisotopic (exact) mass is 342 g/mol. The van der Waals surface area contributed by atoms with Gasteiger partial charge in [-0.15, -0.1) is 0 Å². The van der Waals surface area contributed by atoms with Crippen LogP contribution in [-0.4, -0.2) is 23.1 Å². The fourth-order valence-corrected chi connectivity index (χ4v) is 3.53. The van der Waals surface area contributed by atoms with Crippen molar-refractivity contribution in [1.82, 2.24) is 15.3 Å². The third kappa shape index (κ3) is 3.70. The van der Waals surface area contributed by atoms with Crippen LogP contribution in [0.25, 0.3) is 0 Å². The molecule has 2 aliphatic rings. The van der Waals surface area contributed by atoms with Gasteiger partial charge < -0.3 is 10.2 Å². The molecule has 5 heteroatoms. The predicted octanol–water partition coefficient (Wildman–Crippen LogP) is 3.97. The van der Waals surface area contributed by atoms with E-state index >= 15 is 0 Å². The Balaban J connectivity index is 1.39. The number of nitrogens with one attached hydrogen (secondary N) is 1. The van der Waals surface area contributed by atoms with Crippen LogP contribution in [0.1, 0.15) is 42.9 Å². The number of nitrogens with zero attached hydrogens (tertiary/aromatic N) is 3. The van der Waals surface area contributed by atoms with Gasteiger partial charge in [0.25, 0.3) is 0 Å². The molecule has 126 valence electrons. The average molecular weight is 343 g/mol. The third-order valence-electron chi connectivity index (χ3n) is 4.93. The van der Waals surface area contributed by atoms with Crippen LogP contribution in [-0.2, 0) is 6.54 Å². The lowest BCUT2D eigenvalue weighted by Gasteiger charge is -2.19. The van der Waals surface area contributed by atoms with Crippen LogP contribution >= 0.6 is 11.6 Å². The maximum atomic E-state index is 6.01. The summed E-state index contributed by atoms with van der Waals surface area (Å²) >= 11 is 6.01. The minimum Gasteiger partial charge on any atom is -0.341 e. The molecule has 1 saturated carbocycles. The van der Waals surface area contributed by atoms with Gasteiger partial charge in [-0.1, -0.05) is 23.7 Å². The molecule has 1 saturated heterocycles. The maximum Gasteiger partial charge on any atom is 0.225 e. The number of aromatic nitrogens is 2. The number of anilines is 1. The maximum absolute atomic E-state index is 6.01. The Morgan fingerprint density at radius 2 is 1.75 bits per heavy atom. The largest absolute Gasteiger partial charge is 0.341 e. The fourth-order valence-electron chi connectivity index (χ4n) is 3.40. The molecule has 2 fully saturated rings. The lowest BCUT2D eigenvalue weighted by Crippen LogP contribution is -2.23. The summed E-state index contributed by atoms with van der Waals surface area (Å²) in [4.78, 5) is 11.3. The highest BCUT2D eigenvalue weighted by atomic mass is 35.5. The Hall–Kier alpha value is -1.65. The smallest absolute Gasteiger partial charge is 0.225 e. The first kappa shape index (κ1) is 15.9. The number of benzene rings is 1. The van der Waals surface area contributed by atoms with Crippen LogP contribution in [0.5, 0.6) is 0 Å². The lowest BCUT2D eigenvalue weighted by molar-refractivity contribution is 0.479. The van der Waals surface area contributed by atoms with Crippen molar-refractivity contribution in [3.63, 3.8) is 0 Å². The Morgan fingerprint density at radius 3 is 2.38 bits per heavy atom. The summed E-state index contributed by atoms with van der Waals surface area (Å²) in [6, 6.07) is 8.60. The van der Waals surface area contributed by atoms with Crippen molar-refractivity contribution >= 4 is 17.5 Å². The number of halogens is 1. The molecule has 4 rings (SSSR count). The second-order valence-electron chi connectivity index (χ2n) is 6.83. The van der Waals surface area contributed by atoms with E-state index in [1.165, 1.54) is 31.2 Å². The molecule has 1 N–H and O–H groups in total. The lowest BCUT2D eigenvalue weighted by atomic mass is 10.0. The van der Waals surface area contributed by atoms with Crippen LogP contribution in [0.3, 0.4) is 0 Å². The highest BCUT2D eigenvalue weighted by Gasteiger charge is 2.31. The van der Waals surface area contributed by atoms with Crippen molar-refractivity contribution in [3.8, 4) is 0 Å². The molecule has 4 nitrogen and oxygen atoms in total. The van der Waals surface area contributed by atoms with Crippen molar-refractivity contribution in [3.05, 3.63) is 52.8 Å². The Bertz CT molecular complexity index is 661. The Kier molecular flexibility index (Phi) is 4.67. The van der Waals surface area contributed by atoms with Crippen molar-refractivity contribution in [2.45, 2.75) is 38.3 Å². The predicted molar refractivity (Wildman–Crippen MR) is 97.2 cm³/mol. The third-order valence-corrected chi connectivity index (χ3v) is 5.18. The van der Waals surface area contributed by atoms with E-state index in [0.717, 1.165) is 42.1 Å². The number of hydrogen-bond donors (Lipinski definition) is 1. The summed E-state index contributed by atoms with van der Waals surface area (Å²) in [5.41, 5.74) is 2.45. The summed E-state index contributed by atoms with van der Waals surface area (Å²) < 4.78 is 0. The minimum atomic E-state index is 0.389.